The third-order valence-corrected chi connectivity index (χ3v) is 5.23. The maximum atomic E-state index is 12.5. The minimum absolute atomic E-state index is 0.128. The summed E-state index contributed by atoms with van der Waals surface area (Å²) in [5, 5.41) is 3.37. The zero-order valence-electron chi connectivity index (χ0n) is 16.2. The third-order valence-electron chi connectivity index (χ3n) is 5.23. The lowest BCUT2D eigenvalue weighted by molar-refractivity contribution is -0.117. The second-order valence-corrected chi connectivity index (χ2v) is 7.26. The molecule has 2 amide bonds. The molecule has 7 nitrogen and oxygen atoms in total. The van der Waals surface area contributed by atoms with Gasteiger partial charge in [0.2, 0.25) is 11.8 Å². The summed E-state index contributed by atoms with van der Waals surface area (Å²) < 4.78 is 1.45. The van der Waals surface area contributed by atoms with Crippen LogP contribution in [0.3, 0.4) is 0 Å². The molecule has 4 rings (SSSR count). The van der Waals surface area contributed by atoms with Gasteiger partial charge in [-0.15, -0.1) is 0 Å². The number of carbonyl (C=O) groups excluding carboxylic acids is 2. The van der Waals surface area contributed by atoms with E-state index < -0.39 is 0 Å². The topological polar surface area (TPSA) is 84.3 Å². The molecule has 1 aliphatic rings. The highest BCUT2D eigenvalue weighted by molar-refractivity contribution is 5.96. The summed E-state index contributed by atoms with van der Waals surface area (Å²) in [7, 11) is 0. The predicted octanol–water partition coefficient (Wildman–Crippen LogP) is 2.94. The summed E-state index contributed by atoms with van der Waals surface area (Å²) in [5.41, 5.74) is 1.98. The molecule has 1 N–H and O–H groups in total. The number of nitrogens with one attached hydrogen (secondary N) is 1. The van der Waals surface area contributed by atoms with E-state index in [4.69, 9.17) is 0 Å². The number of aryl methyl sites for hydroxylation is 1. The smallest absolute Gasteiger partial charge is 0.261 e. The summed E-state index contributed by atoms with van der Waals surface area (Å²) >= 11 is 0. The molecule has 1 saturated heterocycles. The molecular weight excluding hydrogens is 368 g/mol. The Balaban J connectivity index is 1.38. The molecule has 2 aromatic carbocycles. The lowest BCUT2D eigenvalue weighted by Gasteiger charge is -2.22. The Morgan fingerprint density at radius 1 is 1.14 bits per heavy atom. The first-order chi connectivity index (χ1) is 14.0. The maximum absolute atomic E-state index is 12.5. The van der Waals surface area contributed by atoms with Crippen LogP contribution in [0.15, 0.2) is 59.7 Å². The molecule has 1 atom stereocenters. The monoisotopic (exact) mass is 390 g/mol. The number of para-hydroxylation sites is 1. The van der Waals surface area contributed by atoms with Crippen molar-refractivity contribution < 1.29 is 9.59 Å². The van der Waals surface area contributed by atoms with Crippen molar-refractivity contribution in [3.63, 3.8) is 0 Å². The number of nitrogens with zero attached hydrogens (tertiary/aromatic N) is 3. The highest BCUT2D eigenvalue weighted by Gasteiger charge is 2.28. The molecule has 0 spiro atoms. The zero-order chi connectivity index (χ0) is 20.4. The van der Waals surface area contributed by atoms with Gasteiger partial charge in [-0.25, -0.2) is 4.98 Å². The van der Waals surface area contributed by atoms with Gasteiger partial charge in [0, 0.05) is 36.8 Å². The number of anilines is 2. The Hall–Kier alpha value is -3.48. The summed E-state index contributed by atoms with van der Waals surface area (Å²) in [6, 6.07) is 14.6. The van der Waals surface area contributed by atoms with Gasteiger partial charge in [-0.05, 0) is 49.7 Å². The van der Waals surface area contributed by atoms with Gasteiger partial charge in [-0.2, -0.15) is 0 Å². The summed E-state index contributed by atoms with van der Waals surface area (Å²) in [4.78, 5) is 42.8. The van der Waals surface area contributed by atoms with Crippen molar-refractivity contribution in [3.8, 4) is 0 Å². The lowest BCUT2D eigenvalue weighted by Crippen LogP contribution is -2.30. The molecule has 0 saturated carbocycles. The van der Waals surface area contributed by atoms with E-state index in [0.29, 0.717) is 23.0 Å². The van der Waals surface area contributed by atoms with Gasteiger partial charge in [0.25, 0.3) is 5.56 Å². The SMILES string of the molecule is CC1CCC(=O)N1c1ccc(NC(=O)CCn2cnc3ccccc3c2=O)cc1. The Morgan fingerprint density at radius 2 is 1.90 bits per heavy atom. The molecule has 1 aromatic heterocycles. The van der Waals surface area contributed by atoms with E-state index in [-0.39, 0.29) is 36.4 Å². The van der Waals surface area contributed by atoms with E-state index in [2.05, 4.69) is 10.3 Å². The molecule has 148 valence electrons. The van der Waals surface area contributed by atoms with Crippen LogP contribution in [0.2, 0.25) is 0 Å². The van der Waals surface area contributed by atoms with Crippen LogP contribution in [-0.2, 0) is 16.1 Å². The Kier molecular flexibility index (Phi) is 5.12. The highest BCUT2D eigenvalue weighted by atomic mass is 16.2. The number of carbonyl (C=O) groups is 2. The normalized spacial score (nSPS) is 16.4. The van der Waals surface area contributed by atoms with Gasteiger partial charge in [-0.1, -0.05) is 12.1 Å². The largest absolute Gasteiger partial charge is 0.326 e. The van der Waals surface area contributed by atoms with E-state index in [1.165, 1.54) is 10.9 Å². The average Bonchev–Trinajstić information content (AvgIpc) is 3.06. The molecule has 0 bridgehead atoms. The van der Waals surface area contributed by atoms with Gasteiger partial charge < -0.3 is 10.2 Å². The fraction of sp³-hybridized carbons (Fsp3) is 0.273. The van der Waals surface area contributed by atoms with Crippen LogP contribution in [0, 0.1) is 0 Å². The molecule has 29 heavy (non-hydrogen) atoms. The van der Waals surface area contributed by atoms with Crippen LogP contribution >= 0.6 is 0 Å². The first kappa shape index (κ1) is 18.9. The highest BCUT2D eigenvalue weighted by Crippen LogP contribution is 2.27. The first-order valence-corrected chi connectivity index (χ1v) is 9.69. The van der Waals surface area contributed by atoms with Gasteiger partial charge in [0.05, 0.1) is 17.2 Å². The van der Waals surface area contributed by atoms with Crippen molar-refractivity contribution in [1.82, 2.24) is 9.55 Å². The van der Waals surface area contributed by atoms with E-state index in [9.17, 15) is 14.4 Å². The number of hydrogen-bond donors (Lipinski definition) is 1. The van der Waals surface area contributed by atoms with Crippen molar-refractivity contribution >= 4 is 34.1 Å². The molecule has 0 aliphatic carbocycles. The van der Waals surface area contributed by atoms with Crippen LogP contribution in [0.25, 0.3) is 10.9 Å². The van der Waals surface area contributed by atoms with Crippen molar-refractivity contribution in [2.45, 2.75) is 38.8 Å². The molecule has 0 radical (unpaired) electrons. The molecule has 1 aliphatic heterocycles. The fourth-order valence-electron chi connectivity index (χ4n) is 3.64. The van der Waals surface area contributed by atoms with Crippen LogP contribution in [-0.4, -0.2) is 27.4 Å². The number of amides is 2. The number of rotatable bonds is 5. The average molecular weight is 390 g/mol. The third kappa shape index (κ3) is 3.89. The molecule has 2 heterocycles. The van der Waals surface area contributed by atoms with Crippen molar-refractivity contribution in [1.29, 1.82) is 0 Å². The Labute approximate surface area is 168 Å². The molecule has 3 aromatic rings. The summed E-state index contributed by atoms with van der Waals surface area (Å²) in [6.45, 7) is 2.28. The molecular formula is C22H22N4O3. The van der Waals surface area contributed by atoms with Crippen LogP contribution in [0.5, 0.6) is 0 Å². The second-order valence-electron chi connectivity index (χ2n) is 7.26. The number of aromatic nitrogens is 2. The van der Waals surface area contributed by atoms with Crippen molar-refractivity contribution in [2.24, 2.45) is 0 Å². The van der Waals surface area contributed by atoms with E-state index >= 15 is 0 Å². The van der Waals surface area contributed by atoms with Gasteiger partial charge in [0.1, 0.15) is 0 Å². The van der Waals surface area contributed by atoms with E-state index in [0.717, 1.165) is 12.1 Å². The van der Waals surface area contributed by atoms with Crippen LogP contribution in [0.1, 0.15) is 26.2 Å². The standard InChI is InChI=1S/C22H22N4O3/c1-15-6-11-21(28)26(15)17-9-7-16(8-10-17)24-20(27)12-13-25-14-23-19-5-3-2-4-18(19)22(25)29/h2-5,7-10,14-15H,6,11-13H2,1H3,(H,24,27). The van der Waals surface area contributed by atoms with Crippen LogP contribution in [0.4, 0.5) is 11.4 Å². The van der Waals surface area contributed by atoms with Gasteiger partial charge in [-0.3, -0.25) is 19.0 Å². The Bertz CT molecular complexity index is 1120. The second kappa shape index (κ2) is 7.87. The van der Waals surface area contributed by atoms with Crippen molar-refractivity contribution in [2.75, 3.05) is 10.2 Å². The molecule has 1 unspecified atom stereocenters. The summed E-state index contributed by atoms with van der Waals surface area (Å²) in [5.74, 6) is -0.0628. The first-order valence-electron chi connectivity index (χ1n) is 9.69. The van der Waals surface area contributed by atoms with E-state index in [1.54, 1.807) is 35.2 Å². The zero-order valence-corrected chi connectivity index (χ0v) is 16.2. The lowest BCUT2D eigenvalue weighted by atomic mass is 10.2. The predicted molar refractivity (Wildman–Crippen MR) is 112 cm³/mol. The van der Waals surface area contributed by atoms with Crippen LogP contribution < -0.4 is 15.8 Å². The van der Waals surface area contributed by atoms with E-state index in [1.807, 2.05) is 25.1 Å². The number of hydrogen-bond acceptors (Lipinski definition) is 4. The minimum atomic E-state index is -0.191. The van der Waals surface area contributed by atoms with Gasteiger partial charge >= 0.3 is 0 Å². The van der Waals surface area contributed by atoms with Crippen molar-refractivity contribution in [3.05, 3.63) is 65.2 Å². The number of fused-ring (bicyclic) bond motifs is 1. The fourth-order valence-corrected chi connectivity index (χ4v) is 3.64. The molecule has 1 fully saturated rings. The number of benzene rings is 2. The minimum Gasteiger partial charge on any atom is -0.326 e. The maximum Gasteiger partial charge on any atom is 0.261 e. The molecule has 7 heteroatoms. The Morgan fingerprint density at radius 3 is 2.62 bits per heavy atom. The van der Waals surface area contributed by atoms with Gasteiger partial charge in [0.15, 0.2) is 0 Å². The quantitative estimate of drug-likeness (QED) is 0.726. The summed E-state index contributed by atoms with van der Waals surface area (Å²) in [6.07, 6.45) is 3.06.